The summed E-state index contributed by atoms with van der Waals surface area (Å²) in [5.41, 5.74) is 7.13. The smallest absolute Gasteiger partial charge is 0.258 e. The van der Waals surface area contributed by atoms with Gasteiger partial charge in [0, 0.05) is 11.1 Å². The summed E-state index contributed by atoms with van der Waals surface area (Å²) in [5.74, 6) is -1.96. The van der Waals surface area contributed by atoms with Crippen LogP contribution < -0.4 is 15.6 Å². The van der Waals surface area contributed by atoms with Gasteiger partial charge < -0.3 is 10.5 Å². The van der Waals surface area contributed by atoms with Crippen LogP contribution in [0.4, 0.5) is 14.6 Å². The molecule has 30 heavy (non-hydrogen) atoms. The van der Waals surface area contributed by atoms with E-state index in [0.717, 1.165) is 12.1 Å². The van der Waals surface area contributed by atoms with Crippen LogP contribution in [-0.4, -0.2) is 18.4 Å². The largest absolute Gasteiger partial charge is 0.467 e. The number of nitrogens with zero attached hydrogens (tertiary/aromatic N) is 2. The van der Waals surface area contributed by atoms with Gasteiger partial charge in [0.25, 0.3) is 5.88 Å². The zero-order valence-corrected chi connectivity index (χ0v) is 17.2. The van der Waals surface area contributed by atoms with Gasteiger partial charge in [0.05, 0.1) is 22.7 Å². The quantitative estimate of drug-likeness (QED) is 0.549. The van der Waals surface area contributed by atoms with E-state index < -0.39 is 32.8 Å². The van der Waals surface area contributed by atoms with E-state index in [-0.39, 0.29) is 23.0 Å². The Kier molecular flexibility index (Phi) is 6.20. The lowest BCUT2D eigenvalue weighted by atomic mass is 10.1. The van der Waals surface area contributed by atoms with Crippen molar-refractivity contribution in [2.45, 2.75) is 18.8 Å². The number of benzene rings is 2. The Hall–Kier alpha value is -2.82. The highest BCUT2D eigenvalue weighted by molar-refractivity contribution is 7.88. The zero-order chi connectivity index (χ0) is 22.1. The summed E-state index contributed by atoms with van der Waals surface area (Å²) >= 11 is 5.87. The normalized spacial score (nSPS) is 12.6. The summed E-state index contributed by atoms with van der Waals surface area (Å²) in [6, 6.07) is 8.31. The van der Waals surface area contributed by atoms with Crippen molar-refractivity contribution in [1.29, 1.82) is 0 Å². The van der Waals surface area contributed by atoms with Crippen molar-refractivity contribution in [3.63, 3.8) is 0 Å². The Labute approximate surface area is 176 Å². The Bertz CT molecular complexity index is 1190. The second-order valence-corrected chi connectivity index (χ2v) is 8.46. The zero-order valence-electron chi connectivity index (χ0n) is 15.6. The Morgan fingerprint density at radius 1 is 1.13 bits per heavy atom. The maximum Gasteiger partial charge on any atom is 0.258 e. The van der Waals surface area contributed by atoms with Crippen LogP contribution in [-0.2, 0) is 15.8 Å². The molecule has 0 aliphatic heterocycles. The Balaban J connectivity index is 1.88. The molecule has 2 aromatic carbocycles. The molecule has 0 spiro atoms. The molecule has 0 radical (unpaired) electrons. The second-order valence-electron chi connectivity index (χ2n) is 6.47. The van der Waals surface area contributed by atoms with E-state index in [0.29, 0.717) is 16.8 Å². The molecule has 1 atom stereocenters. The van der Waals surface area contributed by atoms with Gasteiger partial charge in [-0.1, -0.05) is 35.9 Å². The van der Waals surface area contributed by atoms with Gasteiger partial charge in [-0.15, -0.1) is 0 Å². The van der Waals surface area contributed by atoms with Crippen LogP contribution in [0, 0.1) is 11.6 Å². The van der Waals surface area contributed by atoms with Gasteiger partial charge in [-0.05, 0) is 24.6 Å². The highest BCUT2D eigenvalue weighted by Gasteiger charge is 2.21. The molecule has 0 bridgehead atoms. The molecular formula is C19H17ClF2N4O3S. The predicted molar refractivity (Wildman–Crippen MR) is 109 cm³/mol. The summed E-state index contributed by atoms with van der Waals surface area (Å²) in [5, 5.41) is 4.64. The number of primary sulfonamides is 1. The van der Waals surface area contributed by atoms with E-state index in [9.17, 15) is 17.2 Å². The van der Waals surface area contributed by atoms with Crippen LogP contribution >= 0.6 is 11.6 Å². The first-order valence-corrected chi connectivity index (χ1v) is 10.7. The fourth-order valence-corrected chi connectivity index (χ4v) is 3.72. The first-order valence-electron chi connectivity index (χ1n) is 8.57. The number of nitrogen functional groups attached to an aromatic ring is 1. The SMILES string of the molecule is CC(Oc1nc(-c2ccc(CS(N)(=O)=O)cc2)cnc1N)c1c(F)ccc(F)c1Cl. The number of halogens is 3. The lowest BCUT2D eigenvalue weighted by Gasteiger charge is -2.18. The molecule has 3 rings (SSSR count). The maximum absolute atomic E-state index is 14.1. The molecule has 1 aromatic heterocycles. The van der Waals surface area contributed by atoms with Gasteiger partial charge in [-0.3, -0.25) is 0 Å². The van der Waals surface area contributed by atoms with Gasteiger partial charge in [0.1, 0.15) is 17.7 Å². The summed E-state index contributed by atoms with van der Waals surface area (Å²) in [6.45, 7) is 1.47. The molecule has 0 saturated carbocycles. The van der Waals surface area contributed by atoms with E-state index in [1.165, 1.54) is 13.1 Å². The van der Waals surface area contributed by atoms with Crippen molar-refractivity contribution in [2.75, 3.05) is 5.73 Å². The van der Waals surface area contributed by atoms with Gasteiger partial charge in [0.2, 0.25) is 10.0 Å². The van der Waals surface area contributed by atoms with Crippen LogP contribution in [0.1, 0.15) is 24.2 Å². The van der Waals surface area contributed by atoms with Crippen LogP contribution in [0.15, 0.2) is 42.6 Å². The average molecular weight is 455 g/mol. The molecule has 0 amide bonds. The molecule has 4 N–H and O–H groups in total. The fourth-order valence-electron chi connectivity index (χ4n) is 2.75. The monoisotopic (exact) mass is 454 g/mol. The minimum absolute atomic E-state index is 0.0515. The topological polar surface area (TPSA) is 121 Å². The van der Waals surface area contributed by atoms with E-state index in [1.807, 2.05) is 0 Å². The van der Waals surface area contributed by atoms with Crippen molar-refractivity contribution < 1.29 is 21.9 Å². The molecule has 1 heterocycles. The van der Waals surface area contributed by atoms with Gasteiger partial charge >= 0.3 is 0 Å². The van der Waals surface area contributed by atoms with Crippen molar-refractivity contribution in [1.82, 2.24) is 9.97 Å². The first-order chi connectivity index (χ1) is 14.0. The number of nitrogens with two attached hydrogens (primary N) is 2. The molecule has 7 nitrogen and oxygen atoms in total. The molecule has 11 heteroatoms. The number of anilines is 1. The van der Waals surface area contributed by atoms with Crippen molar-refractivity contribution in [2.24, 2.45) is 5.14 Å². The van der Waals surface area contributed by atoms with Gasteiger partial charge in [0.15, 0.2) is 5.82 Å². The lowest BCUT2D eigenvalue weighted by Crippen LogP contribution is -2.14. The second kappa shape index (κ2) is 8.50. The van der Waals surface area contributed by atoms with E-state index in [4.69, 9.17) is 27.2 Å². The van der Waals surface area contributed by atoms with Crippen molar-refractivity contribution >= 4 is 27.4 Å². The minimum Gasteiger partial charge on any atom is -0.467 e. The van der Waals surface area contributed by atoms with Crippen LogP contribution in [0.2, 0.25) is 5.02 Å². The van der Waals surface area contributed by atoms with Crippen LogP contribution in [0.25, 0.3) is 11.3 Å². The maximum atomic E-state index is 14.1. The number of sulfonamides is 1. The first kappa shape index (κ1) is 21.9. The molecule has 0 aliphatic carbocycles. The third-order valence-corrected chi connectivity index (χ3v) is 5.28. The fraction of sp³-hybridized carbons (Fsp3) is 0.158. The number of aromatic nitrogens is 2. The van der Waals surface area contributed by atoms with Crippen LogP contribution in [0.5, 0.6) is 5.88 Å². The Morgan fingerprint density at radius 3 is 2.40 bits per heavy atom. The predicted octanol–water partition coefficient (Wildman–Crippen LogP) is 3.59. The summed E-state index contributed by atoms with van der Waals surface area (Å²) in [7, 11) is -3.65. The molecule has 1 unspecified atom stereocenters. The van der Waals surface area contributed by atoms with E-state index >= 15 is 0 Å². The van der Waals surface area contributed by atoms with Gasteiger partial charge in [-0.25, -0.2) is 32.3 Å². The number of rotatable bonds is 6. The number of hydrogen-bond donors (Lipinski definition) is 2. The average Bonchev–Trinajstić information content (AvgIpc) is 2.66. The van der Waals surface area contributed by atoms with Gasteiger partial charge in [-0.2, -0.15) is 0 Å². The Morgan fingerprint density at radius 2 is 1.77 bits per heavy atom. The highest BCUT2D eigenvalue weighted by Crippen LogP contribution is 2.33. The molecular weight excluding hydrogens is 438 g/mol. The standard InChI is InChI=1S/C19H17ClF2N4O3S/c1-10(16-13(21)6-7-14(22)17(16)20)29-19-18(23)25-8-15(26-19)12-4-2-11(3-5-12)9-30(24,27)28/h2-8,10H,9H2,1H3,(H2,23,25)(H2,24,27,28). The summed E-state index contributed by atoms with van der Waals surface area (Å²) < 4.78 is 55.8. The van der Waals surface area contributed by atoms with Crippen molar-refractivity contribution in [3.8, 4) is 17.1 Å². The number of ether oxygens (including phenoxy) is 1. The van der Waals surface area contributed by atoms with Crippen LogP contribution in [0.3, 0.4) is 0 Å². The third-order valence-electron chi connectivity index (χ3n) is 4.16. The van der Waals surface area contributed by atoms with E-state index in [1.54, 1.807) is 24.3 Å². The lowest BCUT2D eigenvalue weighted by molar-refractivity contribution is 0.213. The summed E-state index contributed by atoms with van der Waals surface area (Å²) in [4.78, 5) is 8.30. The van der Waals surface area contributed by atoms with E-state index in [2.05, 4.69) is 9.97 Å². The molecule has 3 aromatic rings. The highest BCUT2D eigenvalue weighted by atomic mass is 35.5. The molecule has 0 saturated heterocycles. The summed E-state index contributed by atoms with van der Waals surface area (Å²) in [6.07, 6.45) is 0.397. The number of hydrogen-bond acceptors (Lipinski definition) is 6. The molecule has 158 valence electrons. The minimum atomic E-state index is -3.65. The van der Waals surface area contributed by atoms with Crippen molar-refractivity contribution in [3.05, 3.63) is 70.4 Å². The molecule has 0 fully saturated rings. The molecule has 0 aliphatic rings. The third kappa shape index (κ3) is 5.02.